The molecular weight excluding hydrogens is 256 g/mol. The lowest BCUT2D eigenvalue weighted by molar-refractivity contribution is -0.121. The molecule has 1 atom stereocenters. The number of hydrogen-bond acceptors (Lipinski definition) is 1. The first-order valence-corrected chi connectivity index (χ1v) is 7.21. The van der Waals surface area contributed by atoms with Crippen LogP contribution < -0.4 is 0 Å². The van der Waals surface area contributed by atoms with E-state index in [1.165, 1.54) is 0 Å². The van der Waals surface area contributed by atoms with Gasteiger partial charge in [-0.15, -0.1) is 0 Å². The SMILES string of the molecule is CC(C)C1CC(C)(C)C(=O)/C1=C/c1ccc(Cl)cc1. The molecule has 1 aliphatic carbocycles. The lowest BCUT2D eigenvalue weighted by atomic mass is 9.86. The molecule has 0 saturated heterocycles. The van der Waals surface area contributed by atoms with Gasteiger partial charge in [-0.1, -0.05) is 51.4 Å². The molecular formula is C17H21ClO. The predicted octanol–water partition coefficient (Wildman–Crippen LogP) is 4.99. The normalized spacial score (nSPS) is 24.4. The molecule has 1 aliphatic rings. The summed E-state index contributed by atoms with van der Waals surface area (Å²) in [6.45, 7) is 8.48. The van der Waals surface area contributed by atoms with E-state index in [0.29, 0.717) is 17.6 Å². The fourth-order valence-corrected chi connectivity index (χ4v) is 2.94. The van der Waals surface area contributed by atoms with Crippen molar-refractivity contribution in [3.63, 3.8) is 0 Å². The molecule has 0 aliphatic heterocycles. The summed E-state index contributed by atoms with van der Waals surface area (Å²) in [5, 5.41) is 0.723. The van der Waals surface area contributed by atoms with Crippen molar-refractivity contribution in [2.45, 2.75) is 34.1 Å². The van der Waals surface area contributed by atoms with Gasteiger partial charge in [-0.25, -0.2) is 0 Å². The third-order valence-corrected chi connectivity index (χ3v) is 4.26. The molecule has 1 nitrogen and oxygen atoms in total. The van der Waals surface area contributed by atoms with Crippen molar-refractivity contribution in [1.29, 1.82) is 0 Å². The Morgan fingerprint density at radius 1 is 1.26 bits per heavy atom. The Labute approximate surface area is 120 Å². The summed E-state index contributed by atoms with van der Waals surface area (Å²) in [6, 6.07) is 7.66. The van der Waals surface area contributed by atoms with Crippen molar-refractivity contribution >= 4 is 23.5 Å². The van der Waals surface area contributed by atoms with Crippen LogP contribution in [0.2, 0.25) is 5.02 Å². The van der Waals surface area contributed by atoms with Crippen LogP contribution in [0.3, 0.4) is 0 Å². The fourth-order valence-electron chi connectivity index (χ4n) is 2.82. The number of allylic oxidation sites excluding steroid dienone is 1. The summed E-state index contributed by atoms with van der Waals surface area (Å²) in [7, 11) is 0. The number of benzene rings is 1. The fraction of sp³-hybridized carbons (Fsp3) is 0.471. The zero-order valence-corrected chi connectivity index (χ0v) is 12.8. The Bertz CT molecular complexity index is 509. The second-order valence-corrected chi connectivity index (χ2v) is 6.86. The summed E-state index contributed by atoms with van der Waals surface area (Å²) in [4.78, 5) is 12.5. The summed E-state index contributed by atoms with van der Waals surface area (Å²) in [6.07, 6.45) is 2.99. The maximum atomic E-state index is 12.5. The molecule has 1 fully saturated rings. The van der Waals surface area contributed by atoms with E-state index in [1.54, 1.807) is 0 Å². The molecule has 2 heteroatoms. The Morgan fingerprint density at radius 3 is 2.37 bits per heavy atom. The van der Waals surface area contributed by atoms with Gasteiger partial charge < -0.3 is 0 Å². The minimum absolute atomic E-state index is 0.229. The minimum atomic E-state index is -0.229. The van der Waals surface area contributed by atoms with Gasteiger partial charge in [0.1, 0.15) is 0 Å². The summed E-state index contributed by atoms with van der Waals surface area (Å²) in [5.74, 6) is 1.14. The van der Waals surface area contributed by atoms with Crippen LogP contribution in [-0.4, -0.2) is 5.78 Å². The molecule has 1 aromatic rings. The topological polar surface area (TPSA) is 17.1 Å². The quantitative estimate of drug-likeness (QED) is 0.695. The van der Waals surface area contributed by atoms with E-state index in [4.69, 9.17) is 11.6 Å². The lowest BCUT2D eigenvalue weighted by Gasteiger charge is -2.17. The Kier molecular flexibility index (Phi) is 3.87. The first kappa shape index (κ1) is 14.3. The molecule has 1 unspecified atom stereocenters. The van der Waals surface area contributed by atoms with Crippen molar-refractivity contribution < 1.29 is 4.79 Å². The zero-order valence-electron chi connectivity index (χ0n) is 12.0. The Hall–Kier alpha value is -1.08. The summed E-state index contributed by atoms with van der Waals surface area (Å²) < 4.78 is 0. The molecule has 0 bridgehead atoms. The average Bonchev–Trinajstić information content (AvgIpc) is 2.56. The second-order valence-electron chi connectivity index (χ2n) is 6.42. The maximum Gasteiger partial charge on any atom is 0.164 e. The van der Waals surface area contributed by atoms with Crippen molar-refractivity contribution in [2.24, 2.45) is 17.3 Å². The Balaban J connectivity index is 2.40. The number of Topliss-reactive ketones (excluding diaryl/α,β-unsaturated/α-hetero) is 1. The van der Waals surface area contributed by atoms with E-state index in [0.717, 1.165) is 22.6 Å². The predicted molar refractivity (Wildman–Crippen MR) is 81.2 cm³/mol. The molecule has 1 aromatic carbocycles. The van der Waals surface area contributed by atoms with Crippen molar-refractivity contribution in [3.8, 4) is 0 Å². The van der Waals surface area contributed by atoms with Gasteiger partial charge >= 0.3 is 0 Å². The average molecular weight is 277 g/mol. The van der Waals surface area contributed by atoms with Gasteiger partial charge in [-0.3, -0.25) is 4.79 Å². The summed E-state index contributed by atoms with van der Waals surface area (Å²) in [5.41, 5.74) is 1.80. The third kappa shape index (κ3) is 2.92. The number of rotatable bonds is 2. The molecule has 0 amide bonds. The number of ketones is 1. The number of carbonyl (C=O) groups excluding carboxylic acids is 1. The molecule has 102 valence electrons. The van der Waals surface area contributed by atoms with E-state index in [-0.39, 0.29) is 5.41 Å². The van der Waals surface area contributed by atoms with E-state index in [1.807, 2.05) is 44.2 Å². The molecule has 2 rings (SSSR count). The van der Waals surface area contributed by atoms with Crippen LogP contribution in [0.5, 0.6) is 0 Å². The largest absolute Gasteiger partial charge is 0.294 e. The van der Waals surface area contributed by atoms with Crippen LogP contribution in [0.1, 0.15) is 39.7 Å². The number of hydrogen-bond donors (Lipinski definition) is 0. The van der Waals surface area contributed by atoms with E-state index >= 15 is 0 Å². The van der Waals surface area contributed by atoms with Crippen molar-refractivity contribution in [1.82, 2.24) is 0 Å². The van der Waals surface area contributed by atoms with Gasteiger partial charge in [0, 0.05) is 10.4 Å². The van der Waals surface area contributed by atoms with Crippen LogP contribution in [-0.2, 0) is 4.79 Å². The second kappa shape index (κ2) is 5.13. The summed E-state index contributed by atoms with van der Waals surface area (Å²) >= 11 is 5.89. The van der Waals surface area contributed by atoms with Crippen LogP contribution in [0.25, 0.3) is 6.08 Å². The Morgan fingerprint density at radius 2 is 1.84 bits per heavy atom. The monoisotopic (exact) mass is 276 g/mol. The van der Waals surface area contributed by atoms with Crippen LogP contribution in [0, 0.1) is 17.3 Å². The van der Waals surface area contributed by atoms with Gasteiger partial charge in [0.05, 0.1) is 0 Å². The highest BCUT2D eigenvalue weighted by Crippen LogP contribution is 2.45. The van der Waals surface area contributed by atoms with Crippen molar-refractivity contribution in [2.75, 3.05) is 0 Å². The van der Waals surface area contributed by atoms with Crippen molar-refractivity contribution in [3.05, 3.63) is 40.4 Å². The van der Waals surface area contributed by atoms with E-state index in [2.05, 4.69) is 13.8 Å². The highest BCUT2D eigenvalue weighted by atomic mass is 35.5. The highest BCUT2D eigenvalue weighted by Gasteiger charge is 2.44. The molecule has 1 saturated carbocycles. The number of carbonyl (C=O) groups is 1. The molecule has 0 N–H and O–H groups in total. The minimum Gasteiger partial charge on any atom is -0.294 e. The highest BCUT2D eigenvalue weighted by molar-refractivity contribution is 6.30. The van der Waals surface area contributed by atoms with Crippen LogP contribution in [0.15, 0.2) is 29.8 Å². The first-order valence-electron chi connectivity index (χ1n) is 6.83. The van der Waals surface area contributed by atoms with Gasteiger partial charge in [-0.05, 0) is 47.6 Å². The van der Waals surface area contributed by atoms with E-state index < -0.39 is 0 Å². The molecule has 0 radical (unpaired) electrons. The first-order chi connectivity index (χ1) is 8.81. The van der Waals surface area contributed by atoms with Gasteiger partial charge in [0.15, 0.2) is 5.78 Å². The maximum absolute atomic E-state index is 12.5. The van der Waals surface area contributed by atoms with Gasteiger partial charge in [0.2, 0.25) is 0 Å². The third-order valence-electron chi connectivity index (χ3n) is 4.00. The van der Waals surface area contributed by atoms with E-state index in [9.17, 15) is 4.79 Å². The molecule has 0 heterocycles. The smallest absolute Gasteiger partial charge is 0.164 e. The van der Waals surface area contributed by atoms with Gasteiger partial charge in [-0.2, -0.15) is 0 Å². The standard InChI is InChI=1S/C17H21ClO/c1-11(2)15-10-17(3,4)16(19)14(15)9-12-5-7-13(18)8-6-12/h5-9,11,15H,10H2,1-4H3/b14-9+. The lowest BCUT2D eigenvalue weighted by Crippen LogP contribution is -2.17. The molecule has 0 aromatic heterocycles. The van der Waals surface area contributed by atoms with Gasteiger partial charge in [0.25, 0.3) is 0 Å². The molecule has 19 heavy (non-hydrogen) atoms. The number of halogens is 1. The zero-order chi connectivity index (χ0) is 14.2. The molecule has 0 spiro atoms. The van der Waals surface area contributed by atoms with Crippen LogP contribution >= 0.6 is 11.6 Å². The van der Waals surface area contributed by atoms with Crippen LogP contribution in [0.4, 0.5) is 0 Å².